The molecule has 2 heterocycles. The number of carbonyl (C=O) groups excluding carboxylic acids is 2. The summed E-state index contributed by atoms with van der Waals surface area (Å²) in [5.41, 5.74) is 1.26. The minimum atomic E-state index is -4.01. The second-order valence-corrected chi connectivity index (χ2v) is 11.3. The van der Waals surface area contributed by atoms with Crippen LogP contribution in [0, 0.1) is 0 Å². The second kappa shape index (κ2) is 9.30. The smallest absolute Gasteiger partial charge is 0.259 e. The molecule has 1 aliphatic heterocycles. The number of thiophene rings is 1. The Bertz CT molecular complexity index is 1530. The summed E-state index contributed by atoms with van der Waals surface area (Å²) >= 11 is 7.54. The van der Waals surface area contributed by atoms with E-state index in [0.717, 1.165) is 10.4 Å². The average Bonchev–Trinajstić information content (AvgIpc) is 3.38. The molecule has 2 amide bonds. The van der Waals surface area contributed by atoms with Gasteiger partial charge in [0.25, 0.3) is 11.8 Å². The summed E-state index contributed by atoms with van der Waals surface area (Å²) in [6.45, 7) is 0.456. The third-order valence-corrected chi connectivity index (χ3v) is 8.70. The molecule has 6 nitrogen and oxygen atoms in total. The van der Waals surface area contributed by atoms with E-state index in [2.05, 4.69) is 5.32 Å². The third-order valence-electron chi connectivity index (χ3n) is 5.71. The normalized spacial score (nSPS) is 14.1. The zero-order valence-corrected chi connectivity index (χ0v) is 20.7. The molecule has 0 atom stereocenters. The molecule has 3 aromatic carbocycles. The molecule has 4 aromatic rings. The molecular weight excluding hydrogens is 504 g/mol. The summed E-state index contributed by atoms with van der Waals surface area (Å²) in [5.74, 6) is -0.826. The minimum absolute atomic E-state index is 0.0282. The molecule has 5 rings (SSSR count). The fourth-order valence-corrected chi connectivity index (χ4v) is 6.36. The highest BCUT2D eigenvalue weighted by Crippen LogP contribution is 2.38. The number of benzene rings is 3. The summed E-state index contributed by atoms with van der Waals surface area (Å²) in [7, 11) is -4.01. The molecule has 1 N–H and O–H groups in total. The molecule has 0 spiro atoms. The largest absolute Gasteiger partial charge is 0.347 e. The molecule has 1 aliphatic rings. The van der Waals surface area contributed by atoms with E-state index in [9.17, 15) is 18.0 Å². The van der Waals surface area contributed by atoms with Gasteiger partial charge in [-0.15, -0.1) is 11.3 Å². The summed E-state index contributed by atoms with van der Waals surface area (Å²) in [6, 6.07) is 21.3. The number of nitrogens with zero attached hydrogens (tertiary/aromatic N) is 1. The topological polar surface area (TPSA) is 83.6 Å². The van der Waals surface area contributed by atoms with Gasteiger partial charge < -0.3 is 10.2 Å². The Kier molecular flexibility index (Phi) is 6.19. The van der Waals surface area contributed by atoms with Gasteiger partial charge in [-0.05, 0) is 59.5 Å². The second-order valence-electron chi connectivity index (χ2n) is 7.96. The van der Waals surface area contributed by atoms with E-state index in [0.29, 0.717) is 11.6 Å². The standard InChI is InChI=1S/C26H19ClN2O4S2/c27-19-10-7-17(8-11-19)16-29-22-14-18(25(30)28-15-20-4-3-13-34-20)9-12-24(22)35(32,33)23-6-2-1-5-21(23)26(29)31/h1-14H,15-16H2,(H,28,30). The Labute approximate surface area is 211 Å². The van der Waals surface area contributed by atoms with Crippen LogP contribution in [-0.2, 0) is 22.9 Å². The van der Waals surface area contributed by atoms with E-state index in [1.165, 1.54) is 46.6 Å². The number of hydrogen-bond donors (Lipinski definition) is 1. The van der Waals surface area contributed by atoms with Crippen LogP contribution in [-0.4, -0.2) is 20.2 Å². The molecule has 0 saturated carbocycles. The van der Waals surface area contributed by atoms with Crippen LogP contribution in [0.15, 0.2) is 94.0 Å². The molecule has 0 saturated heterocycles. The lowest BCUT2D eigenvalue weighted by atomic mass is 10.1. The predicted molar refractivity (Wildman–Crippen MR) is 136 cm³/mol. The maximum atomic E-state index is 13.7. The van der Waals surface area contributed by atoms with Gasteiger partial charge in [-0.1, -0.05) is 41.9 Å². The monoisotopic (exact) mass is 522 g/mol. The van der Waals surface area contributed by atoms with Crippen molar-refractivity contribution in [1.82, 2.24) is 5.32 Å². The van der Waals surface area contributed by atoms with Crippen molar-refractivity contribution in [3.63, 3.8) is 0 Å². The van der Waals surface area contributed by atoms with Crippen LogP contribution in [0.1, 0.15) is 31.2 Å². The zero-order chi connectivity index (χ0) is 24.6. The Morgan fingerprint density at radius 1 is 0.943 bits per heavy atom. The number of nitrogens with one attached hydrogen (secondary N) is 1. The first-order valence-corrected chi connectivity index (χ1v) is 13.4. The van der Waals surface area contributed by atoms with E-state index in [-0.39, 0.29) is 39.1 Å². The van der Waals surface area contributed by atoms with Gasteiger partial charge in [0.05, 0.1) is 34.1 Å². The highest BCUT2D eigenvalue weighted by Gasteiger charge is 2.36. The van der Waals surface area contributed by atoms with Crippen molar-refractivity contribution in [2.45, 2.75) is 22.9 Å². The molecule has 0 bridgehead atoms. The van der Waals surface area contributed by atoms with Gasteiger partial charge in [0.15, 0.2) is 0 Å². The fourth-order valence-electron chi connectivity index (χ4n) is 3.96. The lowest BCUT2D eigenvalue weighted by molar-refractivity contribution is 0.0947. The number of sulfone groups is 1. The third kappa shape index (κ3) is 4.48. The van der Waals surface area contributed by atoms with E-state index >= 15 is 0 Å². The van der Waals surface area contributed by atoms with Gasteiger partial charge >= 0.3 is 0 Å². The Balaban J connectivity index is 1.61. The van der Waals surface area contributed by atoms with Crippen LogP contribution in [0.3, 0.4) is 0 Å². The number of fused-ring (bicyclic) bond motifs is 2. The predicted octanol–water partition coefficient (Wildman–Crippen LogP) is 5.32. The van der Waals surface area contributed by atoms with Crippen LogP contribution in [0.5, 0.6) is 0 Å². The SMILES string of the molecule is O=C(NCc1cccs1)c1ccc2c(c1)N(Cc1ccc(Cl)cc1)C(=O)c1ccccc1S2(=O)=O. The van der Waals surface area contributed by atoms with Gasteiger partial charge in [0, 0.05) is 15.5 Å². The highest BCUT2D eigenvalue weighted by atomic mass is 35.5. The quantitative estimate of drug-likeness (QED) is 0.384. The van der Waals surface area contributed by atoms with E-state index in [4.69, 9.17) is 11.6 Å². The number of hydrogen-bond acceptors (Lipinski definition) is 5. The summed E-state index contributed by atoms with van der Waals surface area (Å²) < 4.78 is 27.1. The number of halogens is 1. The van der Waals surface area contributed by atoms with Crippen LogP contribution >= 0.6 is 22.9 Å². The number of anilines is 1. The van der Waals surface area contributed by atoms with Crippen molar-refractivity contribution >= 4 is 50.3 Å². The molecule has 35 heavy (non-hydrogen) atoms. The van der Waals surface area contributed by atoms with Crippen LogP contribution < -0.4 is 10.2 Å². The summed E-state index contributed by atoms with van der Waals surface area (Å²) in [6.07, 6.45) is 0. The molecule has 1 aromatic heterocycles. The Morgan fingerprint density at radius 2 is 1.71 bits per heavy atom. The van der Waals surface area contributed by atoms with Crippen LogP contribution in [0.25, 0.3) is 0 Å². The summed E-state index contributed by atoms with van der Waals surface area (Å²) in [4.78, 5) is 28.9. The van der Waals surface area contributed by atoms with Crippen molar-refractivity contribution in [3.05, 3.63) is 111 Å². The molecule has 0 radical (unpaired) electrons. The average molecular weight is 523 g/mol. The first kappa shape index (κ1) is 23.3. The summed E-state index contributed by atoms with van der Waals surface area (Å²) in [5, 5.41) is 5.32. The van der Waals surface area contributed by atoms with Gasteiger partial charge in [0.2, 0.25) is 9.84 Å². The Morgan fingerprint density at radius 3 is 2.46 bits per heavy atom. The minimum Gasteiger partial charge on any atom is -0.347 e. The molecule has 9 heteroatoms. The van der Waals surface area contributed by atoms with Crippen molar-refractivity contribution < 1.29 is 18.0 Å². The van der Waals surface area contributed by atoms with Gasteiger partial charge in [-0.2, -0.15) is 0 Å². The molecular formula is C26H19ClN2O4S2. The molecule has 0 aliphatic carbocycles. The van der Waals surface area contributed by atoms with Crippen LogP contribution in [0.4, 0.5) is 5.69 Å². The first-order valence-electron chi connectivity index (χ1n) is 10.7. The van der Waals surface area contributed by atoms with Crippen molar-refractivity contribution in [2.75, 3.05) is 4.90 Å². The number of amides is 2. The van der Waals surface area contributed by atoms with Gasteiger partial charge in [-0.3, -0.25) is 9.59 Å². The fraction of sp³-hybridized carbons (Fsp3) is 0.0769. The van der Waals surface area contributed by atoms with E-state index < -0.39 is 15.7 Å². The first-order chi connectivity index (χ1) is 16.8. The van der Waals surface area contributed by atoms with Crippen molar-refractivity contribution in [2.24, 2.45) is 0 Å². The van der Waals surface area contributed by atoms with Crippen molar-refractivity contribution in [3.8, 4) is 0 Å². The van der Waals surface area contributed by atoms with Crippen LogP contribution in [0.2, 0.25) is 5.02 Å². The Hall–Kier alpha value is -3.46. The maximum absolute atomic E-state index is 13.7. The molecule has 176 valence electrons. The lowest BCUT2D eigenvalue weighted by Crippen LogP contribution is -2.31. The zero-order valence-electron chi connectivity index (χ0n) is 18.3. The van der Waals surface area contributed by atoms with E-state index in [1.807, 2.05) is 17.5 Å². The van der Waals surface area contributed by atoms with E-state index in [1.54, 1.807) is 36.4 Å². The number of carbonyl (C=O) groups is 2. The lowest BCUT2D eigenvalue weighted by Gasteiger charge is -2.23. The van der Waals surface area contributed by atoms with Crippen molar-refractivity contribution in [1.29, 1.82) is 0 Å². The number of rotatable bonds is 5. The van der Waals surface area contributed by atoms with Gasteiger partial charge in [-0.25, -0.2) is 8.42 Å². The molecule has 0 unspecified atom stereocenters. The molecule has 0 fully saturated rings. The maximum Gasteiger partial charge on any atom is 0.259 e. The highest BCUT2D eigenvalue weighted by molar-refractivity contribution is 7.91. The van der Waals surface area contributed by atoms with Gasteiger partial charge in [0.1, 0.15) is 0 Å².